The monoisotopic (exact) mass is 886 g/mol. The average molecular weight is 887 g/mol. The summed E-state index contributed by atoms with van der Waals surface area (Å²) in [6.45, 7) is 26.4. The largest absolute Gasteiger partial charge is 2.00 e. The van der Waals surface area contributed by atoms with Gasteiger partial charge in [0.05, 0.1) is 14.2 Å². The van der Waals surface area contributed by atoms with Crippen LogP contribution in [0.3, 0.4) is 0 Å². The van der Waals surface area contributed by atoms with Gasteiger partial charge in [0.25, 0.3) is 0 Å². The molecular formula is C48H64O9V2-10. The fraction of sp³-hybridized carbons (Fsp3) is 0.500. The van der Waals surface area contributed by atoms with E-state index in [1.54, 1.807) is 14.2 Å². The van der Waals surface area contributed by atoms with Gasteiger partial charge in [0.15, 0.2) is 0 Å². The number of hydrogen-bond acceptors (Lipinski definition) is 6. The average Bonchev–Trinajstić information content (AvgIpc) is 3.07. The third-order valence-electron chi connectivity index (χ3n) is 10.4. The Bertz CT molecular complexity index is 1710. The number of rotatable bonds is 2. The van der Waals surface area contributed by atoms with Crippen molar-refractivity contribution in [3.63, 3.8) is 0 Å². The molecule has 0 unspecified atom stereocenters. The Morgan fingerprint density at radius 3 is 0.644 bits per heavy atom. The molecule has 2 radical (unpaired) electrons. The van der Waals surface area contributed by atoms with Gasteiger partial charge in [-0.25, -0.2) is 0 Å². The van der Waals surface area contributed by atoms with E-state index in [-0.39, 0.29) is 86.7 Å². The zero-order chi connectivity index (χ0) is 41.1. The molecule has 0 aromatic heterocycles. The van der Waals surface area contributed by atoms with Gasteiger partial charge in [-0.2, -0.15) is 14.2 Å². The molecule has 0 amide bonds. The van der Waals surface area contributed by atoms with Crippen LogP contribution in [0.1, 0.15) is 150 Å². The first kappa shape index (κ1) is 60.4. The maximum Gasteiger partial charge on any atom is 0.125 e. The van der Waals surface area contributed by atoms with Crippen molar-refractivity contribution in [2.75, 3.05) is 28.4 Å². The number of hydrogen-bond donors (Lipinski definition) is 0. The summed E-state index contributed by atoms with van der Waals surface area (Å²) in [5, 5.41) is 45.7. The summed E-state index contributed by atoms with van der Waals surface area (Å²) < 4.78 is 12.4. The smallest absolute Gasteiger partial charge is 0.125 e. The van der Waals surface area contributed by atoms with Crippen molar-refractivity contribution in [1.29, 1.82) is 0 Å². The van der Waals surface area contributed by atoms with Crippen molar-refractivity contribution >= 4 is 0 Å². The van der Waals surface area contributed by atoms with Gasteiger partial charge in [0.2, 0.25) is 0 Å². The molecule has 0 aliphatic heterocycles. The summed E-state index contributed by atoms with van der Waals surface area (Å²) in [6, 6.07) is 17.2. The minimum absolute atomic E-state index is 0. The van der Waals surface area contributed by atoms with Gasteiger partial charge < -0.3 is 46.3 Å². The van der Waals surface area contributed by atoms with Crippen molar-refractivity contribution in [2.24, 2.45) is 0 Å². The Hall–Kier alpha value is -2.95. The van der Waals surface area contributed by atoms with Crippen LogP contribution in [-0.4, -0.2) is 28.4 Å². The quantitative estimate of drug-likeness (QED) is 0.178. The van der Waals surface area contributed by atoms with E-state index in [4.69, 9.17) is 19.7 Å². The number of fused-ring (bicyclic) bond motifs is 8. The molecule has 4 aromatic rings. The van der Waals surface area contributed by atoms with E-state index in [0.717, 1.165) is 92.5 Å². The van der Waals surface area contributed by atoms with E-state index in [0.29, 0.717) is 25.7 Å². The minimum atomic E-state index is -0.166. The molecule has 1 aliphatic rings. The third-order valence-corrected chi connectivity index (χ3v) is 10.4. The summed E-state index contributed by atoms with van der Waals surface area (Å²) in [5.74, 6) is 1.61. The Morgan fingerprint density at radius 2 is 0.508 bits per heavy atom. The van der Waals surface area contributed by atoms with Gasteiger partial charge in [0, 0.05) is 62.8 Å². The zero-order valence-corrected chi connectivity index (χ0v) is 40.8. The second-order valence-electron chi connectivity index (χ2n) is 18.6. The van der Waals surface area contributed by atoms with Gasteiger partial charge in [-0.15, -0.1) is 11.5 Å². The van der Waals surface area contributed by atoms with Crippen molar-refractivity contribution in [3.05, 3.63) is 115 Å². The Labute approximate surface area is 378 Å². The normalized spacial score (nSPS) is 12.1. The molecule has 330 valence electrons. The molecule has 5 rings (SSSR count). The SMILES string of the molecule is COc1c2cc(C(C)(C)C)cc1Cc1cc(C(C)(C)C)cc(c1[O-])Cc1cc(C(C)(C)C)cc(c1OC)Cc1cc(C(C)(C)C)cc(c1[O-])C2.C[O-].C[O-].[O-2].[O-2].[O-2].[V].[V]. The van der Waals surface area contributed by atoms with Crippen LogP contribution in [0.25, 0.3) is 0 Å². The molecule has 4 aromatic carbocycles. The van der Waals surface area contributed by atoms with E-state index in [1.165, 1.54) is 0 Å². The molecule has 9 nitrogen and oxygen atoms in total. The van der Waals surface area contributed by atoms with Crippen LogP contribution in [-0.2, 0) is 101 Å². The van der Waals surface area contributed by atoms with E-state index >= 15 is 0 Å². The number of benzene rings is 4. The van der Waals surface area contributed by atoms with Crippen molar-refractivity contribution in [3.8, 4) is 23.0 Å². The van der Waals surface area contributed by atoms with Crippen molar-refractivity contribution in [2.45, 2.75) is 130 Å². The minimum Gasteiger partial charge on any atom is -2.00 e. The molecule has 0 fully saturated rings. The summed E-state index contributed by atoms with van der Waals surface area (Å²) in [7, 11) is 4.90. The Morgan fingerprint density at radius 1 is 0.356 bits per heavy atom. The second kappa shape index (κ2) is 23.3. The molecule has 0 saturated carbocycles. The molecule has 1 aliphatic carbocycles. The van der Waals surface area contributed by atoms with Crippen LogP contribution >= 0.6 is 0 Å². The van der Waals surface area contributed by atoms with Crippen LogP contribution in [0, 0.1) is 0 Å². The zero-order valence-electron chi connectivity index (χ0n) is 38.0. The van der Waals surface area contributed by atoms with E-state index in [1.807, 2.05) is 0 Å². The molecule has 59 heavy (non-hydrogen) atoms. The number of methoxy groups -OCH3 is 2. The van der Waals surface area contributed by atoms with Crippen LogP contribution < -0.4 is 29.9 Å². The first-order valence-electron chi connectivity index (χ1n) is 18.9. The second-order valence-corrected chi connectivity index (χ2v) is 18.6. The molecule has 8 bridgehead atoms. The summed E-state index contributed by atoms with van der Waals surface area (Å²) in [6.07, 6.45) is 1.71. The molecular weight excluding hydrogens is 822 g/mol. The fourth-order valence-corrected chi connectivity index (χ4v) is 7.15. The van der Waals surface area contributed by atoms with Crippen LogP contribution in [0.5, 0.6) is 23.0 Å². The molecule has 0 spiro atoms. The third kappa shape index (κ3) is 14.0. The molecule has 0 N–H and O–H groups in total. The summed E-state index contributed by atoms with van der Waals surface area (Å²) in [5.41, 5.74) is 10.8. The molecule has 11 heteroatoms. The maximum absolute atomic E-state index is 14.6. The Kier molecular flexibility index (Phi) is 23.9. The van der Waals surface area contributed by atoms with E-state index in [2.05, 4.69) is 132 Å². The molecule has 0 atom stereocenters. The van der Waals surface area contributed by atoms with Crippen molar-refractivity contribution < 1.29 is 83.4 Å². The first-order valence-corrected chi connectivity index (χ1v) is 18.9. The van der Waals surface area contributed by atoms with Crippen molar-refractivity contribution in [1.82, 2.24) is 0 Å². The van der Waals surface area contributed by atoms with Crippen LogP contribution in [0.4, 0.5) is 0 Å². The molecule has 0 saturated heterocycles. The van der Waals surface area contributed by atoms with Crippen LogP contribution in [0.15, 0.2) is 48.5 Å². The van der Waals surface area contributed by atoms with Gasteiger partial charge in [-0.1, -0.05) is 154 Å². The summed E-state index contributed by atoms with van der Waals surface area (Å²) in [4.78, 5) is 0. The van der Waals surface area contributed by atoms with Gasteiger partial charge in [0.1, 0.15) is 11.5 Å². The topological polar surface area (TPSA) is 196 Å². The Balaban J connectivity index is -0.00000338. The van der Waals surface area contributed by atoms with Gasteiger partial charge >= 0.3 is 0 Å². The van der Waals surface area contributed by atoms with E-state index in [9.17, 15) is 10.2 Å². The standard InChI is InChI=1S/C46H60O4.2CH3O.3O.2V/c1-43(2,3)35-19-27-15-31-23-37(45(7,8)9)25-33(41(31)49-13)17-29-21-36(44(4,5)6)22-30(40(29)48)18-34-26-38(46(10,11)12)24-32(42(34)50-14)16-28(20-35)39(27)47;2*1-2;;;;;/h19-26,47-48H,15-18H2,1-14H3;2*1H3;;;;;/q;2*-1;3*-2;;/p-2. The van der Waals surface area contributed by atoms with E-state index < -0.39 is 0 Å². The van der Waals surface area contributed by atoms with Gasteiger partial charge in [-0.3, -0.25) is 0 Å². The van der Waals surface area contributed by atoms with Crippen LogP contribution in [0.2, 0.25) is 0 Å². The van der Waals surface area contributed by atoms with Gasteiger partial charge in [-0.05, 0) is 66.2 Å². The number of ether oxygens (including phenoxy) is 2. The first-order chi connectivity index (χ1) is 25.0. The summed E-state index contributed by atoms with van der Waals surface area (Å²) >= 11 is 0. The fourth-order valence-electron chi connectivity index (χ4n) is 7.15. The molecule has 0 heterocycles. The predicted octanol–water partition coefficient (Wildman–Crippen LogP) is 7.31. The maximum atomic E-state index is 14.6. The predicted molar refractivity (Wildman–Crippen MR) is 218 cm³/mol.